The maximum absolute atomic E-state index is 9.89. The normalized spacial score (nSPS) is 39.7. The van der Waals surface area contributed by atoms with Crippen LogP contribution in [0.4, 0.5) is 0 Å². The summed E-state index contributed by atoms with van der Waals surface area (Å²) in [5.74, 6) is 4.32. The minimum Gasteiger partial charge on any atom is -0.504 e. The van der Waals surface area contributed by atoms with E-state index >= 15 is 0 Å². The van der Waals surface area contributed by atoms with Crippen molar-refractivity contribution in [3.05, 3.63) is 23.3 Å². The Bertz CT molecular complexity index is 469. The molecule has 2 heteroatoms. The molecular weight excluding hydrogens is 236 g/mol. The maximum Gasteiger partial charge on any atom is 0.160 e. The van der Waals surface area contributed by atoms with Crippen LogP contribution in [-0.4, -0.2) is 10.2 Å². The standard InChI is InChI=1S/C17H22O2/c1-9-2-12(8-15(18)17(9)19)16-13-4-10-3-11(6-13)7-14(16)5-10/h2,8,10-11,13-14,16,18-19H,3-7H2,1H3. The van der Waals surface area contributed by atoms with Crippen molar-refractivity contribution in [2.45, 2.75) is 44.9 Å². The fourth-order valence-corrected chi connectivity index (χ4v) is 5.45. The minimum absolute atomic E-state index is 0.0487. The van der Waals surface area contributed by atoms with E-state index in [0.29, 0.717) is 5.92 Å². The minimum atomic E-state index is 0.0487. The first kappa shape index (κ1) is 11.6. The third-order valence-corrected chi connectivity index (χ3v) is 5.91. The fourth-order valence-electron chi connectivity index (χ4n) is 5.45. The Labute approximate surface area is 114 Å². The molecule has 0 unspecified atom stereocenters. The van der Waals surface area contributed by atoms with Crippen molar-refractivity contribution in [3.8, 4) is 11.5 Å². The zero-order valence-corrected chi connectivity index (χ0v) is 11.5. The van der Waals surface area contributed by atoms with Gasteiger partial charge in [-0.25, -0.2) is 0 Å². The zero-order valence-electron chi connectivity index (χ0n) is 11.5. The molecule has 0 aliphatic heterocycles. The molecule has 1 aromatic carbocycles. The van der Waals surface area contributed by atoms with Crippen molar-refractivity contribution in [3.63, 3.8) is 0 Å². The zero-order chi connectivity index (χ0) is 13.1. The highest BCUT2D eigenvalue weighted by Crippen LogP contribution is 2.60. The third-order valence-electron chi connectivity index (χ3n) is 5.91. The van der Waals surface area contributed by atoms with E-state index in [9.17, 15) is 10.2 Å². The van der Waals surface area contributed by atoms with E-state index in [1.807, 2.05) is 13.0 Å². The van der Waals surface area contributed by atoms with Crippen LogP contribution in [0.1, 0.15) is 49.1 Å². The van der Waals surface area contributed by atoms with Crippen LogP contribution in [0.2, 0.25) is 0 Å². The smallest absolute Gasteiger partial charge is 0.160 e. The van der Waals surface area contributed by atoms with Gasteiger partial charge in [0.25, 0.3) is 0 Å². The maximum atomic E-state index is 9.89. The summed E-state index contributed by atoms with van der Waals surface area (Å²) >= 11 is 0. The van der Waals surface area contributed by atoms with Gasteiger partial charge in [-0.3, -0.25) is 0 Å². The number of phenolic OH excluding ortho intramolecular Hbond substituents is 2. The molecule has 4 saturated carbocycles. The summed E-state index contributed by atoms with van der Waals surface area (Å²) < 4.78 is 0. The number of benzene rings is 1. The first-order valence-corrected chi connectivity index (χ1v) is 7.64. The van der Waals surface area contributed by atoms with E-state index in [1.54, 1.807) is 0 Å². The molecule has 1 aromatic rings. The number of aryl methyl sites for hydroxylation is 1. The summed E-state index contributed by atoms with van der Waals surface area (Å²) in [6.45, 7) is 1.88. The highest BCUT2D eigenvalue weighted by Gasteiger charge is 2.48. The summed E-state index contributed by atoms with van der Waals surface area (Å²) in [5.41, 5.74) is 2.07. The number of rotatable bonds is 1. The Morgan fingerprint density at radius 3 is 2.00 bits per heavy atom. The lowest BCUT2D eigenvalue weighted by Crippen LogP contribution is -2.43. The molecule has 5 rings (SSSR count). The topological polar surface area (TPSA) is 40.5 Å². The second-order valence-electron chi connectivity index (χ2n) is 7.16. The van der Waals surface area contributed by atoms with Gasteiger partial charge in [0, 0.05) is 0 Å². The van der Waals surface area contributed by atoms with Gasteiger partial charge in [-0.05, 0) is 85.8 Å². The molecular formula is C17H22O2. The lowest BCUT2D eigenvalue weighted by Gasteiger charge is -2.54. The highest BCUT2D eigenvalue weighted by molar-refractivity contribution is 5.48. The van der Waals surface area contributed by atoms with E-state index in [2.05, 4.69) is 6.07 Å². The van der Waals surface area contributed by atoms with Gasteiger partial charge in [0.05, 0.1) is 0 Å². The summed E-state index contributed by atoms with van der Waals surface area (Å²) in [6.07, 6.45) is 7.02. The van der Waals surface area contributed by atoms with Crippen molar-refractivity contribution in [1.29, 1.82) is 0 Å². The molecule has 0 heterocycles. The van der Waals surface area contributed by atoms with Crippen LogP contribution in [0, 0.1) is 30.6 Å². The van der Waals surface area contributed by atoms with E-state index in [0.717, 1.165) is 29.2 Å². The molecule has 2 nitrogen and oxygen atoms in total. The molecule has 0 radical (unpaired) electrons. The van der Waals surface area contributed by atoms with Gasteiger partial charge in [-0.2, -0.15) is 0 Å². The highest BCUT2D eigenvalue weighted by atomic mass is 16.3. The van der Waals surface area contributed by atoms with E-state index in [1.165, 1.54) is 37.7 Å². The van der Waals surface area contributed by atoms with Crippen molar-refractivity contribution < 1.29 is 10.2 Å². The molecule has 2 N–H and O–H groups in total. The van der Waals surface area contributed by atoms with E-state index < -0.39 is 0 Å². The second-order valence-corrected chi connectivity index (χ2v) is 7.16. The first-order valence-electron chi connectivity index (χ1n) is 7.64. The number of aromatic hydroxyl groups is 2. The largest absolute Gasteiger partial charge is 0.504 e. The summed E-state index contributed by atoms with van der Waals surface area (Å²) in [5, 5.41) is 19.6. The van der Waals surface area contributed by atoms with Crippen LogP contribution in [0.25, 0.3) is 0 Å². The van der Waals surface area contributed by atoms with Crippen molar-refractivity contribution in [2.75, 3.05) is 0 Å². The lowest BCUT2D eigenvalue weighted by atomic mass is 9.50. The number of phenols is 2. The van der Waals surface area contributed by atoms with Crippen molar-refractivity contribution in [2.24, 2.45) is 23.7 Å². The summed E-state index contributed by atoms with van der Waals surface area (Å²) in [7, 11) is 0. The van der Waals surface area contributed by atoms with E-state index in [4.69, 9.17) is 0 Å². The molecule has 4 aliphatic carbocycles. The molecule has 4 bridgehead atoms. The van der Waals surface area contributed by atoms with Crippen LogP contribution >= 0.6 is 0 Å². The Hall–Kier alpha value is -1.18. The summed E-state index contributed by atoms with van der Waals surface area (Å²) in [4.78, 5) is 0. The van der Waals surface area contributed by atoms with Crippen LogP contribution < -0.4 is 0 Å². The Balaban J connectivity index is 1.73. The molecule has 0 spiro atoms. The molecule has 4 aliphatic rings. The van der Waals surface area contributed by atoms with Gasteiger partial charge in [0.2, 0.25) is 0 Å². The van der Waals surface area contributed by atoms with Crippen LogP contribution in [-0.2, 0) is 0 Å². The molecule has 0 atom stereocenters. The molecule has 4 fully saturated rings. The Kier molecular flexibility index (Phi) is 2.39. The van der Waals surface area contributed by atoms with Crippen molar-refractivity contribution in [1.82, 2.24) is 0 Å². The first-order chi connectivity index (χ1) is 9.11. The van der Waals surface area contributed by atoms with Crippen LogP contribution in [0.3, 0.4) is 0 Å². The fraction of sp³-hybridized carbons (Fsp3) is 0.647. The third kappa shape index (κ3) is 1.69. The lowest BCUT2D eigenvalue weighted by molar-refractivity contribution is -0.00285. The van der Waals surface area contributed by atoms with Gasteiger partial charge < -0.3 is 10.2 Å². The van der Waals surface area contributed by atoms with E-state index in [-0.39, 0.29) is 11.5 Å². The molecule has 19 heavy (non-hydrogen) atoms. The number of hydrogen-bond donors (Lipinski definition) is 2. The van der Waals surface area contributed by atoms with Gasteiger partial charge in [-0.1, -0.05) is 6.07 Å². The van der Waals surface area contributed by atoms with Crippen LogP contribution in [0.15, 0.2) is 12.1 Å². The average molecular weight is 258 g/mol. The second kappa shape index (κ2) is 3.91. The van der Waals surface area contributed by atoms with Gasteiger partial charge in [-0.15, -0.1) is 0 Å². The average Bonchev–Trinajstić information content (AvgIpc) is 2.34. The monoisotopic (exact) mass is 258 g/mol. The Morgan fingerprint density at radius 2 is 1.47 bits per heavy atom. The quantitative estimate of drug-likeness (QED) is 0.749. The summed E-state index contributed by atoms with van der Waals surface area (Å²) in [6, 6.07) is 3.91. The van der Waals surface area contributed by atoms with Gasteiger partial charge >= 0.3 is 0 Å². The predicted molar refractivity (Wildman–Crippen MR) is 74.3 cm³/mol. The molecule has 0 saturated heterocycles. The SMILES string of the molecule is Cc1cc(C2C3CC4CC(C3)CC2C4)cc(O)c1O. The molecule has 102 valence electrons. The molecule has 0 aromatic heterocycles. The number of hydrogen-bond acceptors (Lipinski definition) is 2. The predicted octanol–water partition coefficient (Wildman–Crippen LogP) is 3.95. The van der Waals surface area contributed by atoms with Gasteiger partial charge in [0.15, 0.2) is 11.5 Å². The van der Waals surface area contributed by atoms with Gasteiger partial charge in [0.1, 0.15) is 0 Å². The van der Waals surface area contributed by atoms with Crippen molar-refractivity contribution >= 4 is 0 Å². The van der Waals surface area contributed by atoms with Crippen LogP contribution in [0.5, 0.6) is 11.5 Å². The Morgan fingerprint density at radius 1 is 0.895 bits per heavy atom. The molecule has 0 amide bonds.